The standard InChI is InChI=1S/C25H28N4O5S/c1-18-4-6-19(7-5-18)25(30)27-20-8-11-24(26-17-20)28-12-14-29(15-13-28)35(31,32)23-16-21(33-2)9-10-22(23)34-3/h4-11,16-17H,12-15H2,1-3H3,(H,27,30). The molecule has 1 amide bonds. The van der Waals surface area contributed by atoms with E-state index in [-0.39, 0.29) is 16.6 Å². The summed E-state index contributed by atoms with van der Waals surface area (Å²) in [6, 6.07) is 15.7. The minimum atomic E-state index is -3.76. The quantitative estimate of drug-likeness (QED) is 0.536. The van der Waals surface area contributed by atoms with Crippen molar-refractivity contribution >= 4 is 27.4 Å². The zero-order valence-corrected chi connectivity index (χ0v) is 20.7. The molecule has 1 aliphatic rings. The van der Waals surface area contributed by atoms with E-state index in [2.05, 4.69) is 10.3 Å². The van der Waals surface area contributed by atoms with Gasteiger partial charge in [0, 0.05) is 37.8 Å². The number of nitrogens with zero attached hydrogens (tertiary/aromatic N) is 3. The number of sulfonamides is 1. The number of aromatic nitrogens is 1. The van der Waals surface area contributed by atoms with Gasteiger partial charge >= 0.3 is 0 Å². The molecule has 2 heterocycles. The van der Waals surface area contributed by atoms with Crippen molar-refractivity contribution in [2.45, 2.75) is 11.8 Å². The average Bonchev–Trinajstić information content (AvgIpc) is 2.89. The molecule has 0 saturated carbocycles. The minimum absolute atomic E-state index is 0.0830. The molecule has 1 aromatic heterocycles. The summed E-state index contributed by atoms with van der Waals surface area (Å²) in [6.45, 7) is 3.53. The zero-order chi connectivity index (χ0) is 25.0. The number of rotatable bonds is 7. The van der Waals surface area contributed by atoms with E-state index in [4.69, 9.17) is 9.47 Å². The Bertz CT molecular complexity index is 1290. The fraction of sp³-hybridized carbons (Fsp3) is 0.280. The normalized spacial score (nSPS) is 14.4. The fourth-order valence-electron chi connectivity index (χ4n) is 3.84. The predicted octanol–water partition coefficient (Wildman–Crippen LogP) is 3.17. The second kappa shape index (κ2) is 10.3. The van der Waals surface area contributed by atoms with E-state index in [0.717, 1.165) is 5.56 Å². The molecule has 0 bridgehead atoms. The third-order valence-corrected chi connectivity index (χ3v) is 7.79. The smallest absolute Gasteiger partial charge is 0.255 e. The average molecular weight is 497 g/mol. The van der Waals surface area contributed by atoms with Crippen molar-refractivity contribution in [3.63, 3.8) is 0 Å². The van der Waals surface area contributed by atoms with Crippen molar-refractivity contribution in [3.8, 4) is 11.5 Å². The van der Waals surface area contributed by atoms with Crippen LogP contribution in [0.25, 0.3) is 0 Å². The Kier molecular flexibility index (Phi) is 7.23. The topological polar surface area (TPSA) is 101 Å². The second-order valence-corrected chi connectivity index (χ2v) is 10.0. The van der Waals surface area contributed by atoms with Crippen LogP contribution in [0, 0.1) is 6.92 Å². The Hall–Kier alpha value is -3.63. The van der Waals surface area contributed by atoms with Crippen LogP contribution in [0.2, 0.25) is 0 Å². The molecule has 1 aliphatic heterocycles. The molecule has 2 aromatic carbocycles. The Morgan fingerprint density at radius 3 is 2.26 bits per heavy atom. The maximum absolute atomic E-state index is 13.3. The molecule has 184 valence electrons. The van der Waals surface area contributed by atoms with Gasteiger partial charge in [-0.3, -0.25) is 4.79 Å². The number of amides is 1. The lowest BCUT2D eigenvalue weighted by molar-refractivity contribution is 0.102. The van der Waals surface area contributed by atoms with Gasteiger partial charge in [0.15, 0.2) is 0 Å². The predicted molar refractivity (Wildman–Crippen MR) is 134 cm³/mol. The summed E-state index contributed by atoms with van der Waals surface area (Å²) in [5.41, 5.74) is 2.25. The molecule has 35 heavy (non-hydrogen) atoms. The van der Waals surface area contributed by atoms with Crippen LogP contribution in [0.15, 0.2) is 65.7 Å². The highest BCUT2D eigenvalue weighted by Gasteiger charge is 2.31. The molecular formula is C25H28N4O5S. The Morgan fingerprint density at radius 2 is 1.66 bits per heavy atom. The number of carbonyl (C=O) groups is 1. The van der Waals surface area contributed by atoms with Gasteiger partial charge in [-0.05, 0) is 43.3 Å². The van der Waals surface area contributed by atoms with E-state index in [9.17, 15) is 13.2 Å². The molecule has 0 radical (unpaired) electrons. The number of piperazine rings is 1. The van der Waals surface area contributed by atoms with Gasteiger partial charge in [-0.1, -0.05) is 17.7 Å². The van der Waals surface area contributed by atoms with Gasteiger partial charge in [0.2, 0.25) is 10.0 Å². The number of aryl methyl sites for hydroxylation is 1. The molecule has 0 aliphatic carbocycles. The highest BCUT2D eigenvalue weighted by Crippen LogP contribution is 2.31. The summed E-state index contributed by atoms with van der Waals surface area (Å²) in [5, 5.41) is 2.84. The van der Waals surface area contributed by atoms with Crippen molar-refractivity contribution in [2.75, 3.05) is 50.6 Å². The van der Waals surface area contributed by atoms with E-state index >= 15 is 0 Å². The van der Waals surface area contributed by atoms with E-state index < -0.39 is 10.0 Å². The molecule has 1 saturated heterocycles. The number of benzene rings is 2. The number of pyridine rings is 1. The number of carbonyl (C=O) groups excluding carboxylic acids is 1. The lowest BCUT2D eigenvalue weighted by Crippen LogP contribution is -2.49. The van der Waals surface area contributed by atoms with Crippen LogP contribution in [-0.4, -0.2) is 64.0 Å². The van der Waals surface area contributed by atoms with E-state index in [1.54, 1.807) is 36.5 Å². The molecule has 1 N–H and O–H groups in total. The summed E-state index contributed by atoms with van der Waals surface area (Å²) in [5.74, 6) is 1.24. The molecule has 9 nitrogen and oxygen atoms in total. The van der Waals surface area contributed by atoms with Crippen molar-refractivity contribution in [1.29, 1.82) is 0 Å². The van der Waals surface area contributed by atoms with Crippen LogP contribution in [-0.2, 0) is 10.0 Å². The number of anilines is 2. The first-order valence-corrected chi connectivity index (χ1v) is 12.6. The largest absolute Gasteiger partial charge is 0.497 e. The SMILES string of the molecule is COc1ccc(OC)c(S(=O)(=O)N2CCN(c3ccc(NC(=O)c4ccc(C)cc4)cn3)CC2)c1. The molecule has 0 spiro atoms. The van der Waals surface area contributed by atoms with Crippen LogP contribution in [0.3, 0.4) is 0 Å². The lowest BCUT2D eigenvalue weighted by atomic mass is 10.1. The number of ether oxygens (including phenoxy) is 2. The maximum atomic E-state index is 13.3. The number of methoxy groups -OCH3 is 2. The minimum Gasteiger partial charge on any atom is -0.497 e. The maximum Gasteiger partial charge on any atom is 0.255 e. The summed E-state index contributed by atoms with van der Waals surface area (Å²) < 4.78 is 38.5. The van der Waals surface area contributed by atoms with E-state index in [0.29, 0.717) is 49.0 Å². The Morgan fingerprint density at radius 1 is 0.943 bits per heavy atom. The van der Waals surface area contributed by atoms with Gasteiger partial charge in [0.05, 0.1) is 26.1 Å². The second-order valence-electron chi connectivity index (χ2n) is 8.13. The van der Waals surface area contributed by atoms with Crippen LogP contribution in [0.1, 0.15) is 15.9 Å². The highest BCUT2D eigenvalue weighted by molar-refractivity contribution is 7.89. The summed E-state index contributed by atoms with van der Waals surface area (Å²) in [7, 11) is -0.828. The summed E-state index contributed by atoms with van der Waals surface area (Å²) in [6.07, 6.45) is 1.60. The Labute approximate surface area is 205 Å². The third kappa shape index (κ3) is 5.39. The summed E-state index contributed by atoms with van der Waals surface area (Å²) >= 11 is 0. The van der Waals surface area contributed by atoms with Crippen molar-refractivity contribution in [1.82, 2.24) is 9.29 Å². The molecule has 1 fully saturated rings. The first kappa shape index (κ1) is 24.5. The van der Waals surface area contributed by atoms with Gasteiger partial charge in [-0.25, -0.2) is 13.4 Å². The van der Waals surface area contributed by atoms with E-state index in [1.807, 2.05) is 30.0 Å². The van der Waals surface area contributed by atoms with Crippen molar-refractivity contribution in [2.24, 2.45) is 0 Å². The first-order valence-electron chi connectivity index (χ1n) is 11.1. The number of hydrogen-bond acceptors (Lipinski definition) is 7. The molecular weight excluding hydrogens is 468 g/mol. The highest BCUT2D eigenvalue weighted by atomic mass is 32.2. The van der Waals surface area contributed by atoms with Gasteiger partial charge in [-0.15, -0.1) is 0 Å². The van der Waals surface area contributed by atoms with Crippen LogP contribution in [0.5, 0.6) is 11.5 Å². The van der Waals surface area contributed by atoms with Crippen LogP contribution < -0.4 is 19.7 Å². The van der Waals surface area contributed by atoms with Crippen LogP contribution >= 0.6 is 0 Å². The lowest BCUT2D eigenvalue weighted by Gasteiger charge is -2.34. The number of nitrogens with one attached hydrogen (secondary N) is 1. The van der Waals surface area contributed by atoms with Gasteiger partial charge < -0.3 is 19.7 Å². The summed E-state index contributed by atoms with van der Waals surface area (Å²) in [4.78, 5) is 19.0. The monoisotopic (exact) mass is 496 g/mol. The van der Waals surface area contributed by atoms with Gasteiger partial charge in [0.25, 0.3) is 5.91 Å². The first-order chi connectivity index (χ1) is 16.8. The van der Waals surface area contributed by atoms with Gasteiger partial charge in [-0.2, -0.15) is 4.31 Å². The molecule has 0 atom stereocenters. The fourth-order valence-corrected chi connectivity index (χ4v) is 5.43. The molecule has 4 rings (SSSR count). The molecule has 10 heteroatoms. The van der Waals surface area contributed by atoms with E-state index in [1.165, 1.54) is 24.6 Å². The zero-order valence-electron chi connectivity index (χ0n) is 19.9. The number of hydrogen-bond donors (Lipinski definition) is 1. The van der Waals surface area contributed by atoms with Crippen molar-refractivity contribution < 1.29 is 22.7 Å². The van der Waals surface area contributed by atoms with Crippen LogP contribution in [0.4, 0.5) is 11.5 Å². The Balaban J connectivity index is 1.40. The van der Waals surface area contributed by atoms with Gasteiger partial charge in [0.1, 0.15) is 22.2 Å². The third-order valence-electron chi connectivity index (χ3n) is 5.87. The van der Waals surface area contributed by atoms with Crippen molar-refractivity contribution in [3.05, 3.63) is 71.9 Å². The molecule has 3 aromatic rings. The molecule has 0 unspecified atom stereocenters.